The molecule has 0 unspecified atom stereocenters. The van der Waals surface area contributed by atoms with Gasteiger partial charge in [0.1, 0.15) is 24.4 Å². The number of benzene rings is 3. The van der Waals surface area contributed by atoms with Gasteiger partial charge in [0.2, 0.25) is 5.91 Å². The summed E-state index contributed by atoms with van der Waals surface area (Å²) < 4.78 is 10.4. The highest BCUT2D eigenvalue weighted by Gasteiger charge is 2.27. The molecule has 8 nitrogen and oxygen atoms in total. The zero-order valence-electron chi connectivity index (χ0n) is 19.6. The lowest BCUT2D eigenvalue weighted by atomic mass is 10.0. The van der Waals surface area contributed by atoms with E-state index in [1.165, 1.54) is 7.11 Å². The topological polar surface area (TPSA) is 114 Å². The fraction of sp³-hybridized carbons (Fsp3) is 0.222. The SMILES string of the molecule is COc1ccc(C[C@H](NC(=O)[C@@H](Cc2ccccc2)NC(=O)OCc2ccccc2)C(=O)O)cc1Cl. The van der Waals surface area contributed by atoms with E-state index in [0.717, 1.165) is 11.1 Å². The van der Waals surface area contributed by atoms with Crippen molar-refractivity contribution in [1.82, 2.24) is 10.6 Å². The van der Waals surface area contributed by atoms with Crippen LogP contribution in [0.5, 0.6) is 5.75 Å². The molecular formula is C27H27ClN2O6. The number of methoxy groups -OCH3 is 1. The van der Waals surface area contributed by atoms with Crippen LogP contribution in [0.3, 0.4) is 0 Å². The second-order valence-corrected chi connectivity index (χ2v) is 8.43. The van der Waals surface area contributed by atoms with Crippen LogP contribution < -0.4 is 15.4 Å². The summed E-state index contributed by atoms with van der Waals surface area (Å²) in [6, 6.07) is 20.8. The average molecular weight is 511 g/mol. The first-order valence-electron chi connectivity index (χ1n) is 11.2. The molecule has 0 aromatic heterocycles. The number of carbonyl (C=O) groups excluding carboxylic acids is 2. The lowest BCUT2D eigenvalue weighted by molar-refractivity contribution is -0.142. The number of alkyl carbamates (subject to hydrolysis) is 1. The molecule has 188 valence electrons. The second kappa shape index (κ2) is 13.2. The van der Waals surface area contributed by atoms with Crippen LogP contribution in [0.2, 0.25) is 5.02 Å². The van der Waals surface area contributed by atoms with E-state index in [0.29, 0.717) is 16.3 Å². The smallest absolute Gasteiger partial charge is 0.408 e. The number of carboxylic acid groups (broad SMARTS) is 1. The number of hydrogen-bond acceptors (Lipinski definition) is 5. The van der Waals surface area contributed by atoms with E-state index in [2.05, 4.69) is 10.6 Å². The Kier molecular flexibility index (Phi) is 9.71. The van der Waals surface area contributed by atoms with Gasteiger partial charge in [0.15, 0.2) is 0 Å². The van der Waals surface area contributed by atoms with Crippen molar-refractivity contribution in [3.63, 3.8) is 0 Å². The van der Waals surface area contributed by atoms with Crippen LogP contribution in [0, 0.1) is 0 Å². The number of ether oxygens (including phenoxy) is 2. The van der Waals surface area contributed by atoms with Crippen LogP contribution in [-0.2, 0) is 33.8 Å². The molecule has 3 aromatic rings. The van der Waals surface area contributed by atoms with Crippen molar-refractivity contribution in [1.29, 1.82) is 0 Å². The number of halogens is 1. The number of nitrogens with one attached hydrogen (secondary N) is 2. The molecule has 0 heterocycles. The third-order valence-electron chi connectivity index (χ3n) is 5.37. The predicted molar refractivity (Wildman–Crippen MR) is 135 cm³/mol. The molecule has 3 rings (SSSR count). The van der Waals surface area contributed by atoms with Gasteiger partial charge in [-0.1, -0.05) is 78.3 Å². The van der Waals surface area contributed by atoms with Crippen LogP contribution in [0.15, 0.2) is 78.9 Å². The second-order valence-electron chi connectivity index (χ2n) is 8.02. The average Bonchev–Trinajstić information content (AvgIpc) is 2.88. The van der Waals surface area contributed by atoms with E-state index in [9.17, 15) is 19.5 Å². The normalized spacial score (nSPS) is 12.2. The Bertz CT molecular complexity index is 1170. The van der Waals surface area contributed by atoms with Crippen LogP contribution in [0.4, 0.5) is 4.79 Å². The number of aliphatic carboxylic acids is 1. The first-order valence-corrected chi connectivity index (χ1v) is 11.6. The molecule has 0 radical (unpaired) electrons. The van der Waals surface area contributed by atoms with Crippen LogP contribution in [-0.4, -0.2) is 42.3 Å². The van der Waals surface area contributed by atoms with Gasteiger partial charge in [0.05, 0.1) is 12.1 Å². The van der Waals surface area contributed by atoms with Gasteiger partial charge in [-0.3, -0.25) is 4.79 Å². The first kappa shape index (κ1) is 26.6. The maximum atomic E-state index is 13.1. The summed E-state index contributed by atoms with van der Waals surface area (Å²) in [5.41, 5.74) is 2.18. The number of hydrogen-bond donors (Lipinski definition) is 3. The van der Waals surface area contributed by atoms with Gasteiger partial charge in [-0.15, -0.1) is 0 Å². The quantitative estimate of drug-likeness (QED) is 0.359. The van der Waals surface area contributed by atoms with Crippen molar-refractivity contribution in [3.8, 4) is 5.75 Å². The highest BCUT2D eigenvalue weighted by Crippen LogP contribution is 2.25. The molecular weight excluding hydrogens is 484 g/mol. The maximum absolute atomic E-state index is 13.1. The summed E-state index contributed by atoms with van der Waals surface area (Å²) in [5, 5.41) is 15.2. The van der Waals surface area contributed by atoms with Gasteiger partial charge in [0, 0.05) is 12.8 Å². The van der Waals surface area contributed by atoms with Crippen molar-refractivity contribution in [2.75, 3.05) is 7.11 Å². The third-order valence-corrected chi connectivity index (χ3v) is 5.67. The summed E-state index contributed by atoms with van der Waals surface area (Å²) in [5.74, 6) is -1.42. The Labute approximate surface area is 214 Å². The molecule has 0 aliphatic carbocycles. The Balaban J connectivity index is 1.70. The third kappa shape index (κ3) is 8.02. The Morgan fingerprint density at radius 3 is 2.03 bits per heavy atom. The number of amides is 2. The van der Waals surface area contributed by atoms with Gasteiger partial charge in [-0.05, 0) is 28.8 Å². The van der Waals surface area contributed by atoms with E-state index in [1.54, 1.807) is 18.2 Å². The molecule has 3 aromatic carbocycles. The van der Waals surface area contributed by atoms with Crippen LogP contribution >= 0.6 is 11.6 Å². The van der Waals surface area contributed by atoms with Crippen molar-refractivity contribution in [2.24, 2.45) is 0 Å². The van der Waals surface area contributed by atoms with E-state index in [1.807, 2.05) is 60.7 Å². The Morgan fingerprint density at radius 1 is 0.833 bits per heavy atom. The van der Waals surface area contributed by atoms with E-state index in [4.69, 9.17) is 21.1 Å². The first-order chi connectivity index (χ1) is 17.4. The molecule has 0 aliphatic heterocycles. The van der Waals surface area contributed by atoms with Crippen LogP contribution in [0.1, 0.15) is 16.7 Å². The van der Waals surface area contributed by atoms with Crippen molar-refractivity contribution < 1.29 is 29.0 Å². The summed E-state index contributed by atoms with van der Waals surface area (Å²) in [4.78, 5) is 37.5. The van der Waals surface area contributed by atoms with Gasteiger partial charge in [0.25, 0.3) is 0 Å². The maximum Gasteiger partial charge on any atom is 0.408 e. The molecule has 0 saturated carbocycles. The summed E-state index contributed by atoms with van der Waals surface area (Å²) in [6.07, 6.45) is -0.654. The van der Waals surface area contributed by atoms with Crippen molar-refractivity contribution in [2.45, 2.75) is 31.5 Å². The summed E-state index contributed by atoms with van der Waals surface area (Å²) in [7, 11) is 1.48. The molecule has 0 bridgehead atoms. The molecule has 3 N–H and O–H groups in total. The monoisotopic (exact) mass is 510 g/mol. The van der Waals surface area contributed by atoms with E-state index >= 15 is 0 Å². The fourth-order valence-electron chi connectivity index (χ4n) is 3.51. The van der Waals surface area contributed by atoms with Crippen molar-refractivity contribution >= 4 is 29.6 Å². The van der Waals surface area contributed by atoms with E-state index < -0.39 is 30.1 Å². The Morgan fingerprint density at radius 2 is 1.44 bits per heavy atom. The van der Waals surface area contributed by atoms with Gasteiger partial charge in [-0.2, -0.15) is 0 Å². The van der Waals surface area contributed by atoms with Gasteiger partial charge in [-0.25, -0.2) is 9.59 Å². The lowest BCUT2D eigenvalue weighted by Gasteiger charge is -2.22. The molecule has 0 fully saturated rings. The molecule has 2 atom stereocenters. The number of carboxylic acids is 1. The molecule has 36 heavy (non-hydrogen) atoms. The Hall–Kier alpha value is -4.04. The largest absolute Gasteiger partial charge is 0.495 e. The molecule has 0 saturated heterocycles. The number of carbonyl (C=O) groups is 3. The summed E-state index contributed by atoms with van der Waals surface area (Å²) in [6.45, 7) is 0.0301. The minimum atomic E-state index is -1.25. The highest BCUT2D eigenvalue weighted by atomic mass is 35.5. The minimum absolute atomic E-state index is 0.0126. The minimum Gasteiger partial charge on any atom is -0.495 e. The zero-order chi connectivity index (χ0) is 25.9. The zero-order valence-corrected chi connectivity index (χ0v) is 20.4. The fourth-order valence-corrected chi connectivity index (χ4v) is 3.79. The molecule has 0 spiro atoms. The lowest BCUT2D eigenvalue weighted by Crippen LogP contribution is -2.53. The summed E-state index contributed by atoms with van der Waals surface area (Å²) >= 11 is 6.15. The van der Waals surface area contributed by atoms with Gasteiger partial charge >= 0.3 is 12.1 Å². The van der Waals surface area contributed by atoms with Gasteiger partial charge < -0.3 is 25.2 Å². The molecule has 2 amide bonds. The highest BCUT2D eigenvalue weighted by molar-refractivity contribution is 6.32. The van der Waals surface area contributed by atoms with Crippen LogP contribution in [0.25, 0.3) is 0 Å². The van der Waals surface area contributed by atoms with Crippen molar-refractivity contribution in [3.05, 3.63) is 101 Å². The standard InChI is InChI=1S/C27H27ClN2O6/c1-35-24-13-12-20(14-21(24)28)16-23(26(32)33)29-25(31)22(15-18-8-4-2-5-9-18)30-27(34)36-17-19-10-6-3-7-11-19/h2-14,22-23H,15-17H2,1H3,(H,29,31)(H,30,34)(H,32,33)/t22-,23+/m1/s1. The van der Waals surface area contributed by atoms with E-state index in [-0.39, 0.29) is 19.4 Å². The molecule has 0 aliphatic rings. The predicted octanol–water partition coefficient (Wildman–Crippen LogP) is 4.00. The number of rotatable bonds is 11. The molecule has 9 heteroatoms.